The molecule has 0 bridgehead atoms. The summed E-state index contributed by atoms with van der Waals surface area (Å²) in [6.07, 6.45) is -4.73. The van der Waals surface area contributed by atoms with Crippen LogP contribution in [-0.2, 0) is 27.3 Å². The summed E-state index contributed by atoms with van der Waals surface area (Å²) in [5.41, 5.74) is 3.24. The maximum atomic E-state index is 12.1. The van der Waals surface area contributed by atoms with Crippen LogP contribution in [0.1, 0.15) is 11.1 Å². The number of nitrogens with one attached hydrogen (secondary N) is 1. The molecule has 1 amide bonds. The van der Waals surface area contributed by atoms with Gasteiger partial charge in [0.2, 0.25) is 5.91 Å². The Balaban J connectivity index is 0.000000451. The van der Waals surface area contributed by atoms with Gasteiger partial charge < -0.3 is 24.8 Å². The Bertz CT molecular complexity index is 882. The molecular weight excluding hydrogens is 429 g/mol. The SMILES string of the molecule is COc1cccc(CC(=O)NCc2ccc(N3CCOCC3)cc2)c1.O=C(O)C(F)(F)F. The normalized spacial score (nSPS) is 13.6. The lowest BCUT2D eigenvalue weighted by Crippen LogP contribution is -2.36. The van der Waals surface area contributed by atoms with Gasteiger partial charge in [0.15, 0.2) is 0 Å². The van der Waals surface area contributed by atoms with E-state index in [0.29, 0.717) is 13.0 Å². The van der Waals surface area contributed by atoms with Crippen LogP contribution in [0.3, 0.4) is 0 Å². The van der Waals surface area contributed by atoms with E-state index < -0.39 is 12.1 Å². The summed E-state index contributed by atoms with van der Waals surface area (Å²) in [5.74, 6) is -1.98. The number of methoxy groups -OCH3 is 1. The summed E-state index contributed by atoms with van der Waals surface area (Å²) < 4.78 is 42.3. The van der Waals surface area contributed by atoms with E-state index in [9.17, 15) is 18.0 Å². The molecule has 1 fully saturated rings. The molecule has 2 aromatic carbocycles. The van der Waals surface area contributed by atoms with Gasteiger partial charge >= 0.3 is 12.1 Å². The number of halogens is 3. The maximum Gasteiger partial charge on any atom is 0.490 e. The molecule has 0 saturated carbocycles. The number of carbonyl (C=O) groups excluding carboxylic acids is 1. The van der Waals surface area contributed by atoms with E-state index in [4.69, 9.17) is 19.4 Å². The van der Waals surface area contributed by atoms with E-state index in [1.165, 1.54) is 5.69 Å². The number of amides is 1. The standard InChI is InChI=1S/C20H24N2O3.C2HF3O2/c1-24-19-4-2-3-17(13-19)14-20(23)21-15-16-5-7-18(8-6-16)22-9-11-25-12-10-22;3-2(4,5)1(6)7/h2-8,13H,9-12,14-15H2,1H3,(H,21,23);(H,6,7). The summed E-state index contributed by atoms with van der Waals surface area (Å²) in [5, 5.41) is 10.1. The number of hydrogen-bond donors (Lipinski definition) is 2. The summed E-state index contributed by atoms with van der Waals surface area (Å²) in [6.45, 7) is 3.95. The number of carboxylic acid groups (broad SMARTS) is 1. The number of anilines is 1. The topological polar surface area (TPSA) is 88.1 Å². The Hall–Kier alpha value is -3.27. The first kappa shape index (κ1) is 25.0. The van der Waals surface area contributed by atoms with Crippen LogP contribution >= 0.6 is 0 Å². The average Bonchev–Trinajstić information content (AvgIpc) is 2.78. The summed E-state index contributed by atoms with van der Waals surface area (Å²) >= 11 is 0. The van der Waals surface area contributed by atoms with Crippen LogP contribution in [0.15, 0.2) is 48.5 Å². The molecule has 0 aliphatic carbocycles. The molecule has 0 unspecified atom stereocenters. The molecule has 2 N–H and O–H groups in total. The fourth-order valence-electron chi connectivity index (χ4n) is 2.88. The number of rotatable bonds is 6. The van der Waals surface area contributed by atoms with Crippen molar-refractivity contribution in [2.24, 2.45) is 0 Å². The Kier molecular flexibility index (Phi) is 9.33. The van der Waals surface area contributed by atoms with Crippen LogP contribution in [0.25, 0.3) is 0 Å². The molecule has 0 spiro atoms. The van der Waals surface area contributed by atoms with Crippen molar-refractivity contribution in [2.75, 3.05) is 38.3 Å². The second-order valence-corrected chi connectivity index (χ2v) is 6.87. The van der Waals surface area contributed by atoms with E-state index in [2.05, 4.69) is 34.5 Å². The van der Waals surface area contributed by atoms with Gasteiger partial charge in [-0.15, -0.1) is 0 Å². The van der Waals surface area contributed by atoms with Crippen LogP contribution in [0.2, 0.25) is 0 Å². The van der Waals surface area contributed by atoms with Crippen molar-refractivity contribution in [1.82, 2.24) is 5.32 Å². The minimum Gasteiger partial charge on any atom is -0.497 e. The van der Waals surface area contributed by atoms with Gasteiger partial charge in [-0.25, -0.2) is 4.79 Å². The lowest BCUT2D eigenvalue weighted by Gasteiger charge is -2.28. The molecular formula is C22H25F3N2O5. The highest BCUT2D eigenvalue weighted by atomic mass is 19.4. The van der Waals surface area contributed by atoms with Crippen molar-refractivity contribution in [3.05, 3.63) is 59.7 Å². The Labute approximate surface area is 183 Å². The number of alkyl halides is 3. The third kappa shape index (κ3) is 8.46. The maximum absolute atomic E-state index is 12.1. The zero-order chi connectivity index (χ0) is 23.6. The Morgan fingerprint density at radius 1 is 1.09 bits per heavy atom. The molecule has 174 valence electrons. The summed E-state index contributed by atoms with van der Waals surface area (Å²) in [7, 11) is 1.62. The van der Waals surface area contributed by atoms with Crippen LogP contribution in [0.5, 0.6) is 5.75 Å². The average molecular weight is 454 g/mol. The van der Waals surface area contributed by atoms with E-state index in [-0.39, 0.29) is 5.91 Å². The van der Waals surface area contributed by atoms with Gasteiger partial charge in [-0.1, -0.05) is 24.3 Å². The van der Waals surface area contributed by atoms with Crippen molar-refractivity contribution in [2.45, 2.75) is 19.1 Å². The van der Waals surface area contributed by atoms with E-state index in [1.54, 1.807) is 7.11 Å². The first-order valence-electron chi connectivity index (χ1n) is 9.80. The fourth-order valence-corrected chi connectivity index (χ4v) is 2.88. The third-order valence-electron chi connectivity index (χ3n) is 4.54. The molecule has 0 radical (unpaired) electrons. The predicted molar refractivity (Wildman–Crippen MR) is 112 cm³/mol. The van der Waals surface area contributed by atoms with Gasteiger partial charge in [-0.05, 0) is 35.4 Å². The predicted octanol–water partition coefficient (Wildman–Crippen LogP) is 3.02. The van der Waals surface area contributed by atoms with E-state index >= 15 is 0 Å². The molecule has 10 heteroatoms. The molecule has 0 atom stereocenters. The Morgan fingerprint density at radius 2 is 1.72 bits per heavy atom. The van der Waals surface area contributed by atoms with Crippen LogP contribution in [0, 0.1) is 0 Å². The van der Waals surface area contributed by atoms with Crippen molar-refractivity contribution in [3.8, 4) is 5.75 Å². The zero-order valence-electron chi connectivity index (χ0n) is 17.5. The van der Waals surface area contributed by atoms with Gasteiger partial charge in [-0.2, -0.15) is 13.2 Å². The molecule has 3 rings (SSSR count). The highest BCUT2D eigenvalue weighted by Crippen LogP contribution is 2.17. The lowest BCUT2D eigenvalue weighted by atomic mass is 10.1. The van der Waals surface area contributed by atoms with Crippen molar-refractivity contribution in [3.63, 3.8) is 0 Å². The highest BCUT2D eigenvalue weighted by Gasteiger charge is 2.38. The van der Waals surface area contributed by atoms with Gasteiger partial charge in [0.05, 0.1) is 26.7 Å². The number of hydrogen-bond acceptors (Lipinski definition) is 5. The lowest BCUT2D eigenvalue weighted by molar-refractivity contribution is -0.192. The van der Waals surface area contributed by atoms with E-state index in [0.717, 1.165) is 43.2 Å². The largest absolute Gasteiger partial charge is 0.497 e. The van der Waals surface area contributed by atoms with Crippen LogP contribution in [-0.4, -0.2) is 56.6 Å². The first-order chi connectivity index (χ1) is 15.2. The fraction of sp³-hybridized carbons (Fsp3) is 0.364. The molecule has 0 aromatic heterocycles. The minimum atomic E-state index is -5.08. The van der Waals surface area contributed by atoms with Gasteiger partial charge in [0.25, 0.3) is 0 Å². The van der Waals surface area contributed by atoms with Gasteiger partial charge in [0, 0.05) is 25.3 Å². The molecule has 2 aromatic rings. The summed E-state index contributed by atoms with van der Waals surface area (Å²) in [6, 6.07) is 15.9. The quantitative estimate of drug-likeness (QED) is 0.698. The van der Waals surface area contributed by atoms with Gasteiger partial charge in [0.1, 0.15) is 5.75 Å². The number of nitrogens with zero attached hydrogens (tertiary/aromatic N) is 1. The molecule has 1 aliphatic rings. The molecule has 32 heavy (non-hydrogen) atoms. The molecule has 7 nitrogen and oxygen atoms in total. The number of carbonyl (C=O) groups is 2. The molecule has 1 saturated heterocycles. The molecule has 1 aliphatic heterocycles. The van der Waals surface area contributed by atoms with Crippen molar-refractivity contribution >= 4 is 17.6 Å². The molecule has 1 heterocycles. The zero-order valence-corrected chi connectivity index (χ0v) is 17.5. The monoisotopic (exact) mass is 454 g/mol. The van der Waals surface area contributed by atoms with Crippen molar-refractivity contribution in [1.29, 1.82) is 0 Å². The van der Waals surface area contributed by atoms with Gasteiger partial charge in [-0.3, -0.25) is 4.79 Å². The van der Waals surface area contributed by atoms with Crippen molar-refractivity contribution < 1.29 is 37.3 Å². The number of morpholine rings is 1. The van der Waals surface area contributed by atoms with E-state index in [1.807, 2.05) is 24.3 Å². The number of carboxylic acids is 1. The smallest absolute Gasteiger partial charge is 0.490 e. The Morgan fingerprint density at radius 3 is 2.28 bits per heavy atom. The second-order valence-electron chi connectivity index (χ2n) is 6.87. The highest BCUT2D eigenvalue weighted by molar-refractivity contribution is 5.78. The first-order valence-corrected chi connectivity index (χ1v) is 9.80. The number of aliphatic carboxylic acids is 1. The van der Waals surface area contributed by atoms with Crippen LogP contribution < -0.4 is 15.0 Å². The number of ether oxygens (including phenoxy) is 2. The summed E-state index contributed by atoms with van der Waals surface area (Å²) in [4.78, 5) is 23.3. The minimum absolute atomic E-state index is 0.00510. The second kappa shape index (κ2) is 11.9. The third-order valence-corrected chi connectivity index (χ3v) is 4.54. The van der Waals surface area contributed by atoms with Crippen LogP contribution in [0.4, 0.5) is 18.9 Å². The number of benzene rings is 2.